The van der Waals surface area contributed by atoms with E-state index in [1.165, 1.54) is 0 Å². The molecule has 0 N–H and O–H groups in total. The van der Waals surface area contributed by atoms with Gasteiger partial charge in [0, 0.05) is 24.4 Å². The molecule has 1 aromatic heterocycles. The lowest BCUT2D eigenvalue weighted by Crippen LogP contribution is -2.07. The van der Waals surface area contributed by atoms with Crippen LogP contribution >= 0.6 is 0 Å². The lowest BCUT2D eigenvalue weighted by Gasteiger charge is -1.98. The Morgan fingerprint density at radius 3 is 2.50 bits per heavy atom. The third-order valence-electron chi connectivity index (χ3n) is 1.89. The highest BCUT2D eigenvalue weighted by Crippen LogP contribution is 2.04. The fraction of sp³-hybridized carbons (Fsp3) is 0.364. The Balaban J connectivity index is 2.55. The van der Waals surface area contributed by atoms with Gasteiger partial charge >= 0.3 is 0 Å². The monoisotopic (exact) mass is 191 g/mol. The van der Waals surface area contributed by atoms with Gasteiger partial charge in [-0.1, -0.05) is 6.92 Å². The van der Waals surface area contributed by atoms with Gasteiger partial charge in [-0.05, 0) is 18.6 Å². The molecule has 0 saturated carbocycles. The van der Waals surface area contributed by atoms with E-state index >= 15 is 0 Å². The zero-order valence-electron chi connectivity index (χ0n) is 8.19. The third kappa shape index (κ3) is 3.09. The van der Waals surface area contributed by atoms with E-state index in [2.05, 4.69) is 4.98 Å². The summed E-state index contributed by atoms with van der Waals surface area (Å²) >= 11 is 0. The molecule has 1 rings (SSSR count). The van der Waals surface area contributed by atoms with Gasteiger partial charge < -0.3 is 0 Å². The predicted octanol–water partition coefficient (Wildman–Crippen LogP) is 2.02. The van der Waals surface area contributed by atoms with Crippen molar-refractivity contribution in [2.24, 2.45) is 0 Å². The number of carbonyl (C=O) groups is 2. The first kappa shape index (κ1) is 10.6. The average Bonchev–Trinajstić information content (AvgIpc) is 2.19. The van der Waals surface area contributed by atoms with Crippen LogP contribution in [0.5, 0.6) is 0 Å². The molecule has 1 aromatic rings. The molecule has 0 unspecified atom stereocenters. The summed E-state index contributed by atoms with van der Waals surface area (Å²) in [4.78, 5) is 26.5. The first-order valence-corrected chi connectivity index (χ1v) is 4.69. The van der Waals surface area contributed by atoms with Crippen LogP contribution in [0.3, 0.4) is 0 Å². The van der Waals surface area contributed by atoms with Crippen molar-refractivity contribution in [3.63, 3.8) is 0 Å². The molecule has 0 saturated heterocycles. The Morgan fingerprint density at radius 1 is 1.29 bits per heavy atom. The van der Waals surface area contributed by atoms with Crippen molar-refractivity contribution >= 4 is 11.6 Å². The molecule has 0 aliphatic carbocycles. The number of aromatic nitrogens is 1. The standard InChI is InChI=1S/C11H13NO2/c1-2-3-10(13)8-11(14)9-4-6-12-7-5-9/h4-7H,2-3,8H2,1H3. The summed E-state index contributed by atoms with van der Waals surface area (Å²) in [6, 6.07) is 3.25. The number of pyridine rings is 1. The Hall–Kier alpha value is -1.51. The first-order valence-electron chi connectivity index (χ1n) is 4.69. The van der Waals surface area contributed by atoms with Crippen molar-refractivity contribution in [3.8, 4) is 0 Å². The molecule has 74 valence electrons. The van der Waals surface area contributed by atoms with Gasteiger partial charge in [0.25, 0.3) is 0 Å². The summed E-state index contributed by atoms with van der Waals surface area (Å²) in [7, 11) is 0. The van der Waals surface area contributed by atoms with E-state index in [0.29, 0.717) is 12.0 Å². The van der Waals surface area contributed by atoms with Crippen LogP contribution in [0.15, 0.2) is 24.5 Å². The molecular formula is C11H13NO2. The van der Waals surface area contributed by atoms with Crippen molar-refractivity contribution in [3.05, 3.63) is 30.1 Å². The molecule has 0 spiro atoms. The number of ketones is 2. The Morgan fingerprint density at radius 2 is 1.93 bits per heavy atom. The summed E-state index contributed by atoms with van der Waals surface area (Å²) in [6.07, 6.45) is 4.40. The van der Waals surface area contributed by atoms with Crippen LogP contribution in [0.25, 0.3) is 0 Å². The molecule has 0 bridgehead atoms. The summed E-state index contributed by atoms with van der Waals surface area (Å²) in [5, 5.41) is 0. The van der Waals surface area contributed by atoms with Crippen LogP contribution in [-0.2, 0) is 4.79 Å². The van der Waals surface area contributed by atoms with Crippen molar-refractivity contribution in [1.29, 1.82) is 0 Å². The molecule has 0 aromatic carbocycles. The van der Waals surface area contributed by atoms with E-state index in [1.54, 1.807) is 24.5 Å². The van der Waals surface area contributed by atoms with E-state index in [9.17, 15) is 9.59 Å². The molecule has 3 nitrogen and oxygen atoms in total. The zero-order valence-corrected chi connectivity index (χ0v) is 8.19. The molecule has 3 heteroatoms. The molecular weight excluding hydrogens is 178 g/mol. The quantitative estimate of drug-likeness (QED) is 0.528. The van der Waals surface area contributed by atoms with Crippen molar-refractivity contribution in [2.45, 2.75) is 26.2 Å². The van der Waals surface area contributed by atoms with E-state index in [1.807, 2.05) is 6.92 Å². The Kier molecular flexibility index (Phi) is 3.98. The minimum Gasteiger partial charge on any atom is -0.299 e. The van der Waals surface area contributed by atoms with Crippen molar-refractivity contribution < 1.29 is 9.59 Å². The summed E-state index contributed by atoms with van der Waals surface area (Å²) in [5.74, 6) is -0.111. The number of hydrogen-bond donors (Lipinski definition) is 0. The van der Waals surface area contributed by atoms with Crippen molar-refractivity contribution in [2.75, 3.05) is 0 Å². The van der Waals surface area contributed by atoms with Crippen LogP contribution < -0.4 is 0 Å². The second-order valence-corrected chi connectivity index (χ2v) is 3.12. The number of nitrogens with zero attached hydrogens (tertiary/aromatic N) is 1. The van der Waals surface area contributed by atoms with Crippen LogP contribution in [0.1, 0.15) is 36.5 Å². The summed E-state index contributed by atoms with van der Waals surface area (Å²) in [5.41, 5.74) is 0.560. The van der Waals surface area contributed by atoms with Gasteiger partial charge in [-0.3, -0.25) is 14.6 Å². The van der Waals surface area contributed by atoms with Crippen LogP contribution in [0.4, 0.5) is 0 Å². The van der Waals surface area contributed by atoms with Gasteiger partial charge in [0.15, 0.2) is 5.78 Å². The highest BCUT2D eigenvalue weighted by Gasteiger charge is 2.10. The van der Waals surface area contributed by atoms with E-state index < -0.39 is 0 Å². The van der Waals surface area contributed by atoms with Gasteiger partial charge in [-0.2, -0.15) is 0 Å². The Labute approximate surface area is 83.2 Å². The van der Waals surface area contributed by atoms with Crippen LogP contribution in [0, 0.1) is 0 Å². The van der Waals surface area contributed by atoms with E-state index in [4.69, 9.17) is 0 Å². The fourth-order valence-electron chi connectivity index (χ4n) is 1.19. The Bertz CT molecular complexity index is 319. The molecule has 0 amide bonds. The molecule has 0 fully saturated rings. The van der Waals surface area contributed by atoms with Crippen LogP contribution in [-0.4, -0.2) is 16.6 Å². The third-order valence-corrected chi connectivity index (χ3v) is 1.89. The van der Waals surface area contributed by atoms with Gasteiger partial charge in [0.2, 0.25) is 0 Å². The van der Waals surface area contributed by atoms with Gasteiger partial charge in [0.05, 0.1) is 6.42 Å². The van der Waals surface area contributed by atoms with Gasteiger partial charge in [-0.15, -0.1) is 0 Å². The topological polar surface area (TPSA) is 47.0 Å². The molecule has 0 aliphatic rings. The minimum atomic E-state index is -0.120. The first-order chi connectivity index (χ1) is 6.74. The maximum atomic E-state index is 11.5. The highest BCUT2D eigenvalue weighted by atomic mass is 16.1. The number of Topliss-reactive ketones (excluding diaryl/α,β-unsaturated/α-hetero) is 2. The fourth-order valence-corrected chi connectivity index (χ4v) is 1.19. The largest absolute Gasteiger partial charge is 0.299 e. The molecule has 0 atom stereocenters. The SMILES string of the molecule is CCCC(=O)CC(=O)c1ccncc1. The molecule has 1 heterocycles. The maximum Gasteiger partial charge on any atom is 0.170 e. The predicted molar refractivity (Wildman–Crippen MR) is 53.1 cm³/mol. The highest BCUT2D eigenvalue weighted by molar-refractivity contribution is 6.07. The number of hydrogen-bond acceptors (Lipinski definition) is 3. The van der Waals surface area contributed by atoms with Crippen LogP contribution in [0.2, 0.25) is 0 Å². The minimum absolute atomic E-state index is 0.00862. The molecule has 14 heavy (non-hydrogen) atoms. The van der Waals surface area contributed by atoms with Gasteiger partial charge in [0.1, 0.15) is 5.78 Å². The lowest BCUT2D eigenvalue weighted by molar-refractivity contribution is -0.118. The van der Waals surface area contributed by atoms with Gasteiger partial charge in [-0.25, -0.2) is 0 Å². The average molecular weight is 191 g/mol. The second-order valence-electron chi connectivity index (χ2n) is 3.12. The normalized spacial score (nSPS) is 9.79. The molecule has 0 aliphatic heterocycles. The smallest absolute Gasteiger partial charge is 0.170 e. The van der Waals surface area contributed by atoms with E-state index in [0.717, 1.165) is 6.42 Å². The number of rotatable bonds is 5. The summed E-state index contributed by atoms with van der Waals surface area (Å²) in [6.45, 7) is 1.93. The lowest BCUT2D eigenvalue weighted by atomic mass is 10.1. The molecule has 0 radical (unpaired) electrons. The second kappa shape index (κ2) is 5.27. The van der Waals surface area contributed by atoms with E-state index in [-0.39, 0.29) is 18.0 Å². The number of carbonyl (C=O) groups excluding carboxylic acids is 2. The zero-order chi connectivity index (χ0) is 10.4. The summed E-state index contributed by atoms with van der Waals surface area (Å²) < 4.78 is 0. The van der Waals surface area contributed by atoms with Crippen molar-refractivity contribution in [1.82, 2.24) is 4.98 Å². The maximum absolute atomic E-state index is 11.5.